The number of hydrogen-bond acceptors (Lipinski definition) is 7. The summed E-state index contributed by atoms with van der Waals surface area (Å²) < 4.78 is 4.98. The summed E-state index contributed by atoms with van der Waals surface area (Å²) >= 11 is 0. The number of nitrogen functional groups attached to an aromatic ring is 1. The van der Waals surface area contributed by atoms with E-state index < -0.39 is 0 Å². The van der Waals surface area contributed by atoms with Crippen molar-refractivity contribution in [3.63, 3.8) is 0 Å². The second-order valence-electron chi connectivity index (χ2n) is 4.04. The fourth-order valence-corrected chi connectivity index (χ4v) is 1.85. The number of rotatable bonds is 4. The van der Waals surface area contributed by atoms with Gasteiger partial charge in [0.15, 0.2) is 5.82 Å². The van der Waals surface area contributed by atoms with E-state index in [4.69, 9.17) is 10.5 Å². The van der Waals surface area contributed by atoms with Crippen LogP contribution in [-0.4, -0.2) is 41.2 Å². The maximum atomic E-state index is 5.62. The highest BCUT2D eigenvalue weighted by Crippen LogP contribution is 2.10. The minimum atomic E-state index is 0.225. The number of nitrogens with one attached hydrogen (secondary N) is 2. The second kappa shape index (κ2) is 5.74. The van der Waals surface area contributed by atoms with Crippen molar-refractivity contribution in [1.29, 1.82) is 0 Å². The molecular formula is C10H18N6O. The van der Waals surface area contributed by atoms with Gasteiger partial charge >= 0.3 is 0 Å². The molecule has 0 saturated carbocycles. The highest BCUT2D eigenvalue weighted by atomic mass is 16.5. The number of piperidine rings is 1. The Morgan fingerprint density at radius 2 is 2.12 bits per heavy atom. The van der Waals surface area contributed by atoms with Crippen molar-refractivity contribution in [3.8, 4) is 0 Å². The molecule has 4 N–H and O–H groups in total. The Morgan fingerprint density at radius 1 is 1.35 bits per heavy atom. The SMILES string of the molecule is COCc1nc(N)nc(NC2CCNCC2)n1. The van der Waals surface area contributed by atoms with Gasteiger partial charge in [0.25, 0.3) is 0 Å². The van der Waals surface area contributed by atoms with Crippen molar-refractivity contribution in [1.82, 2.24) is 20.3 Å². The average Bonchev–Trinajstić information content (AvgIpc) is 2.30. The second-order valence-corrected chi connectivity index (χ2v) is 4.04. The summed E-state index contributed by atoms with van der Waals surface area (Å²) in [6.45, 7) is 2.37. The lowest BCUT2D eigenvalue weighted by Gasteiger charge is -2.23. The van der Waals surface area contributed by atoms with Crippen LogP contribution in [0.25, 0.3) is 0 Å². The van der Waals surface area contributed by atoms with E-state index >= 15 is 0 Å². The zero-order chi connectivity index (χ0) is 12.1. The number of nitrogens with two attached hydrogens (primary N) is 1. The Balaban J connectivity index is 2.03. The van der Waals surface area contributed by atoms with Gasteiger partial charge in [-0.25, -0.2) is 0 Å². The average molecular weight is 238 g/mol. The van der Waals surface area contributed by atoms with Crippen LogP contribution in [0.4, 0.5) is 11.9 Å². The lowest BCUT2D eigenvalue weighted by Crippen LogP contribution is -2.35. The van der Waals surface area contributed by atoms with E-state index in [0.29, 0.717) is 24.4 Å². The van der Waals surface area contributed by atoms with Crippen LogP contribution in [0.2, 0.25) is 0 Å². The third-order valence-corrected chi connectivity index (χ3v) is 2.64. The standard InChI is InChI=1S/C10H18N6O/c1-17-6-8-14-9(11)16-10(15-8)13-7-2-4-12-5-3-7/h7,12H,2-6H2,1H3,(H3,11,13,14,15,16). The number of nitrogens with zero attached hydrogens (tertiary/aromatic N) is 3. The van der Waals surface area contributed by atoms with Crippen molar-refractivity contribution in [2.24, 2.45) is 0 Å². The summed E-state index contributed by atoms with van der Waals surface area (Å²) in [7, 11) is 1.60. The van der Waals surface area contributed by atoms with Gasteiger partial charge in [0, 0.05) is 13.2 Å². The van der Waals surface area contributed by atoms with Crippen molar-refractivity contribution >= 4 is 11.9 Å². The first-order chi connectivity index (χ1) is 8.28. The van der Waals surface area contributed by atoms with E-state index in [1.165, 1.54) is 0 Å². The van der Waals surface area contributed by atoms with E-state index in [0.717, 1.165) is 25.9 Å². The van der Waals surface area contributed by atoms with Crippen LogP contribution in [0, 0.1) is 0 Å². The molecule has 1 saturated heterocycles. The van der Waals surface area contributed by atoms with Gasteiger partial charge in [-0.3, -0.25) is 0 Å². The van der Waals surface area contributed by atoms with E-state index in [1.54, 1.807) is 7.11 Å². The fraction of sp³-hybridized carbons (Fsp3) is 0.700. The molecule has 7 heteroatoms. The molecule has 0 amide bonds. The first kappa shape index (κ1) is 12.0. The minimum Gasteiger partial charge on any atom is -0.377 e. The first-order valence-corrected chi connectivity index (χ1v) is 5.74. The normalized spacial score (nSPS) is 17.0. The molecule has 17 heavy (non-hydrogen) atoms. The van der Waals surface area contributed by atoms with E-state index in [-0.39, 0.29) is 5.95 Å². The molecule has 2 rings (SSSR count). The van der Waals surface area contributed by atoms with Crippen molar-refractivity contribution < 1.29 is 4.74 Å². The van der Waals surface area contributed by atoms with Crippen LogP contribution in [0.5, 0.6) is 0 Å². The molecule has 0 spiro atoms. The molecule has 1 aliphatic rings. The van der Waals surface area contributed by atoms with E-state index in [9.17, 15) is 0 Å². The summed E-state index contributed by atoms with van der Waals surface area (Å²) in [6.07, 6.45) is 2.12. The number of ether oxygens (including phenoxy) is 1. The number of methoxy groups -OCH3 is 1. The Morgan fingerprint density at radius 3 is 2.82 bits per heavy atom. The van der Waals surface area contributed by atoms with Crippen LogP contribution in [0.15, 0.2) is 0 Å². The summed E-state index contributed by atoms with van der Waals surface area (Å²) in [4.78, 5) is 12.3. The lowest BCUT2D eigenvalue weighted by molar-refractivity contribution is 0.178. The predicted molar refractivity (Wildman–Crippen MR) is 64.5 cm³/mol. The Hall–Kier alpha value is -1.47. The van der Waals surface area contributed by atoms with Crippen LogP contribution >= 0.6 is 0 Å². The zero-order valence-electron chi connectivity index (χ0n) is 9.94. The molecule has 7 nitrogen and oxygen atoms in total. The van der Waals surface area contributed by atoms with Gasteiger partial charge in [0.05, 0.1) is 0 Å². The van der Waals surface area contributed by atoms with Gasteiger partial charge in [-0.1, -0.05) is 0 Å². The van der Waals surface area contributed by atoms with Crippen LogP contribution in [-0.2, 0) is 11.3 Å². The molecule has 0 bridgehead atoms. The van der Waals surface area contributed by atoms with Gasteiger partial charge < -0.3 is 21.1 Å². The summed E-state index contributed by atoms with van der Waals surface area (Å²) in [5.41, 5.74) is 5.62. The maximum absolute atomic E-state index is 5.62. The molecule has 0 unspecified atom stereocenters. The zero-order valence-corrected chi connectivity index (χ0v) is 9.94. The molecule has 1 aliphatic heterocycles. The molecule has 0 radical (unpaired) electrons. The molecule has 94 valence electrons. The number of aromatic nitrogens is 3. The topological polar surface area (TPSA) is 98.0 Å². The fourth-order valence-electron chi connectivity index (χ4n) is 1.85. The van der Waals surface area contributed by atoms with Gasteiger partial charge in [-0.15, -0.1) is 0 Å². The summed E-state index contributed by atoms with van der Waals surface area (Å²) in [5.74, 6) is 1.32. The third-order valence-electron chi connectivity index (χ3n) is 2.64. The molecule has 1 aromatic rings. The Kier molecular flexibility index (Phi) is 4.05. The molecule has 1 aromatic heterocycles. The maximum Gasteiger partial charge on any atom is 0.228 e. The number of anilines is 2. The molecular weight excluding hydrogens is 220 g/mol. The van der Waals surface area contributed by atoms with Gasteiger partial charge in [0.2, 0.25) is 11.9 Å². The van der Waals surface area contributed by atoms with E-state index in [1.807, 2.05) is 0 Å². The highest BCUT2D eigenvalue weighted by Gasteiger charge is 2.14. The molecule has 0 aliphatic carbocycles. The third kappa shape index (κ3) is 3.50. The van der Waals surface area contributed by atoms with E-state index in [2.05, 4.69) is 25.6 Å². The quantitative estimate of drug-likeness (QED) is 0.666. The van der Waals surface area contributed by atoms with Gasteiger partial charge in [0.1, 0.15) is 6.61 Å². The van der Waals surface area contributed by atoms with Crippen molar-refractivity contribution in [3.05, 3.63) is 5.82 Å². The summed E-state index contributed by atoms with van der Waals surface area (Å²) in [5, 5.41) is 6.59. The molecule has 0 aromatic carbocycles. The highest BCUT2D eigenvalue weighted by molar-refractivity contribution is 5.32. The molecule has 1 fully saturated rings. The minimum absolute atomic E-state index is 0.225. The van der Waals surface area contributed by atoms with Crippen LogP contribution < -0.4 is 16.4 Å². The molecule has 2 heterocycles. The summed E-state index contributed by atoms with van der Waals surface area (Å²) in [6, 6.07) is 0.397. The molecule has 0 atom stereocenters. The smallest absolute Gasteiger partial charge is 0.228 e. The van der Waals surface area contributed by atoms with Gasteiger partial charge in [-0.05, 0) is 25.9 Å². The Labute approximate surface area is 100 Å². The van der Waals surface area contributed by atoms with Crippen LogP contribution in [0.1, 0.15) is 18.7 Å². The van der Waals surface area contributed by atoms with Gasteiger partial charge in [-0.2, -0.15) is 15.0 Å². The Bertz CT molecular complexity index is 366. The largest absolute Gasteiger partial charge is 0.377 e. The lowest BCUT2D eigenvalue weighted by atomic mass is 10.1. The first-order valence-electron chi connectivity index (χ1n) is 5.74. The van der Waals surface area contributed by atoms with Crippen molar-refractivity contribution in [2.45, 2.75) is 25.5 Å². The monoisotopic (exact) mass is 238 g/mol. The number of hydrogen-bond donors (Lipinski definition) is 3. The van der Waals surface area contributed by atoms with Crippen LogP contribution in [0.3, 0.4) is 0 Å². The predicted octanol–water partition coefficient (Wildman–Crippen LogP) is -0.236. The van der Waals surface area contributed by atoms with Crippen molar-refractivity contribution in [2.75, 3.05) is 31.2 Å².